The molecule has 3 aliphatic rings. The summed E-state index contributed by atoms with van der Waals surface area (Å²) in [7, 11) is 0. The standard InChI is InChI=1S/C15H15ClN2O3/c16-10-4-3-9(6-11(10)18(20)21)15(19)17-14-12-7-1-2-8(5-7)13(12)14/h3-4,6-8,12-14H,1-2,5H2,(H,17,19). The highest BCUT2D eigenvalue weighted by atomic mass is 35.5. The van der Waals surface area contributed by atoms with Crippen LogP contribution in [-0.4, -0.2) is 16.9 Å². The predicted molar refractivity (Wildman–Crippen MR) is 77.2 cm³/mol. The third-order valence-corrected chi connectivity index (χ3v) is 5.76. The third-order valence-electron chi connectivity index (χ3n) is 5.44. The van der Waals surface area contributed by atoms with Gasteiger partial charge in [-0.15, -0.1) is 0 Å². The summed E-state index contributed by atoms with van der Waals surface area (Å²) in [6, 6.07) is 4.48. The lowest BCUT2D eigenvalue weighted by Gasteiger charge is -2.10. The van der Waals surface area contributed by atoms with Crippen molar-refractivity contribution >= 4 is 23.2 Å². The number of nitro groups is 1. The zero-order valence-electron chi connectivity index (χ0n) is 11.3. The van der Waals surface area contributed by atoms with E-state index in [1.807, 2.05) is 0 Å². The fourth-order valence-electron chi connectivity index (χ4n) is 4.55. The highest BCUT2D eigenvalue weighted by Gasteiger charge is 2.65. The van der Waals surface area contributed by atoms with E-state index in [9.17, 15) is 14.9 Å². The second kappa shape index (κ2) is 4.44. The van der Waals surface area contributed by atoms with Crippen LogP contribution in [0, 0.1) is 33.8 Å². The SMILES string of the molecule is O=C(NC1C2C3CCC(C3)C12)c1ccc(Cl)c([N+](=O)[O-])c1. The predicted octanol–water partition coefficient (Wildman–Crippen LogP) is 3.02. The van der Waals surface area contributed by atoms with Crippen LogP contribution in [0.3, 0.4) is 0 Å². The molecule has 6 heteroatoms. The fraction of sp³-hybridized carbons (Fsp3) is 0.533. The molecule has 4 rings (SSSR count). The number of fused-ring (bicyclic) bond motifs is 5. The maximum absolute atomic E-state index is 12.3. The smallest absolute Gasteiger partial charge is 0.288 e. The molecule has 0 aliphatic heterocycles. The van der Waals surface area contributed by atoms with Crippen LogP contribution < -0.4 is 5.32 Å². The fourth-order valence-corrected chi connectivity index (χ4v) is 4.73. The van der Waals surface area contributed by atoms with E-state index < -0.39 is 4.92 Å². The number of carbonyl (C=O) groups excluding carboxylic acids is 1. The molecule has 1 N–H and O–H groups in total. The molecule has 1 amide bonds. The van der Waals surface area contributed by atoms with Gasteiger partial charge in [0.2, 0.25) is 0 Å². The summed E-state index contributed by atoms with van der Waals surface area (Å²) >= 11 is 5.77. The highest BCUT2D eigenvalue weighted by molar-refractivity contribution is 6.32. The summed E-state index contributed by atoms with van der Waals surface area (Å²) in [6.07, 6.45) is 3.92. The molecule has 4 atom stereocenters. The molecule has 0 heterocycles. The Morgan fingerprint density at radius 2 is 1.95 bits per heavy atom. The van der Waals surface area contributed by atoms with Gasteiger partial charge in [-0.05, 0) is 55.1 Å². The Bertz CT molecular complexity index is 632. The molecule has 3 aliphatic carbocycles. The number of halogens is 1. The Morgan fingerprint density at radius 3 is 2.57 bits per heavy atom. The van der Waals surface area contributed by atoms with Crippen molar-refractivity contribution in [3.05, 3.63) is 38.9 Å². The number of hydrogen-bond donors (Lipinski definition) is 1. The van der Waals surface area contributed by atoms with Crippen molar-refractivity contribution in [1.82, 2.24) is 5.32 Å². The molecular formula is C15H15ClN2O3. The lowest BCUT2D eigenvalue weighted by Crippen LogP contribution is -2.29. The van der Waals surface area contributed by atoms with E-state index in [0.29, 0.717) is 17.4 Å². The topological polar surface area (TPSA) is 72.2 Å². The van der Waals surface area contributed by atoms with E-state index in [1.54, 1.807) is 0 Å². The average molecular weight is 307 g/mol. The van der Waals surface area contributed by atoms with Gasteiger partial charge in [-0.1, -0.05) is 11.6 Å². The molecule has 0 radical (unpaired) electrons. The average Bonchev–Trinajstić information content (AvgIpc) is 2.83. The highest BCUT2D eigenvalue weighted by Crippen LogP contribution is 2.65. The van der Waals surface area contributed by atoms with Gasteiger partial charge in [-0.25, -0.2) is 0 Å². The molecule has 2 bridgehead atoms. The van der Waals surface area contributed by atoms with Crippen molar-refractivity contribution in [3.8, 4) is 0 Å². The molecule has 4 unspecified atom stereocenters. The number of nitro benzene ring substituents is 1. The maximum atomic E-state index is 12.3. The zero-order valence-corrected chi connectivity index (χ0v) is 12.0. The van der Waals surface area contributed by atoms with Gasteiger partial charge in [0.1, 0.15) is 5.02 Å². The van der Waals surface area contributed by atoms with Crippen LogP contribution in [0.25, 0.3) is 0 Å². The minimum absolute atomic E-state index is 0.0536. The summed E-state index contributed by atoms with van der Waals surface area (Å²) in [5.74, 6) is 2.63. The lowest BCUT2D eigenvalue weighted by atomic mass is 10.0. The first-order chi connectivity index (χ1) is 10.1. The van der Waals surface area contributed by atoms with Crippen LogP contribution in [-0.2, 0) is 0 Å². The Morgan fingerprint density at radius 1 is 1.29 bits per heavy atom. The van der Waals surface area contributed by atoms with Gasteiger partial charge in [-0.2, -0.15) is 0 Å². The molecule has 0 aromatic heterocycles. The number of nitrogens with zero attached hydrogens (tertiary/aromatic N) is 1. The quantitative estimate of drug-likeness (QED) is 0.689. The summed E-state index contributed by atoms with van der Waals surface area (Å²) < 4.78 is 0. The van der Waals surface area contributed by atoms with Crippen molar-refractivity contribution in [2.45, 2.75) is 25.3 Å². The van der Waals surface area contributed by atoms with E-state index in [1.165, 1.54) is 37.5 Å². The Balaban J connectivity index is 1.49. The summed E-state index contributed by atoms with van der Waals surface area (Å²) in [6.45, 7) is 0. The number of amides is 1. The number of hydrogen-bond acceptors (Lipinski definition) is 3. The van der Waals surface area contributed by atoms with E-state index in [2.05, 4.69) is 5.32 Å². The second-order valence-corrected chi connectivity index (χ2v) is 6.82. The van der Waals surface area contributed by atoms with E-state index >= 15 is 0 Å². The molecule has 5 nitrogen and oxygen atoms in total. The molecule has 3 saturated carbocycles. The van der Waals surface area contributed by atoms with Crippen molar-refractivity contribution < 1.29 is 9.72 Å². The van der Waals surface area contributed by atoms with Gasteiger partial charge in [0.05, 0.1) is 4.92 Å². The number of nitrogens with one attached hydrogen (secondary N) is 1. The lowest BCUT2D eigenvalue weighted by molar-refractivity contribution is -0.384. The van der Waals surface area contributed by atoms with E-state index in [4.69, 9.17) is 11.6 Å². The number of carbonyl (C=O) groups is 1. The van der Waals surface area contributed by atoms with Crippen LogP contribution >= 0.6 is 11.6 Å². The Labute approximate surface area is 126 Å². The molecule has 1 aromatic rings. The number of benzene rings is 1. The second-order valence-electron chi connectivity index (χ2n) is 6.41. The molecule has 0 spiro atoms. The largest absolute Gasteiger partial charge is 0.349 e. The van der Waals surface area contributed by atoms with Crippen LogP contribution in [0.5, 0.6) is 0 Å². The maximum Gasteiger partial charge on any atom is 0.288 e. The van der Waals surface area contributed by atoms with Gasteiger partial charge in [-0.3, -0.25) is 14.9 Å². The number of rotatable bonds is 3. The van der Waals surface area contributed by atoms with Gasteiger partial charge in [0, 0.05) is 17.7 Å². The van der Waals surface area contributed by atoms with Crippen LogP contribution in [0.4, 0.5) is 5.69 Å². The van der Waals surface area contributed by atoms with E-state index in [-0.39, 0.29) is 22.7 Å². The summed E-state index contributed by atoms with van der Waals surface area (Å²) in [4.78, 5) is 22.6. The summed E-state index contributed by atoms with van der Waals surface area (Å²) in [5.41, 5.74) is 0.0868. The Kier molecular flexibility index (Phi) is 2.76. The van der Waals surface area contributed by atoms with Gasteiger partial charge in [0.15, 0.2) is 0 Å². The molecule has 1 aromatic carbocycles. The van der Waals surface area contributed by atoms with Crippen LogP contribution in [0.2, 0.25) is 5.02 Å². The van der Waals surface area contributed by atoms with Crippen molar-refractivity contribution in [2.24, 2.45) is 23.7 Å². The normalized spacial score (nSPS) is 35.4. The molecule has 3 fully saturated rings. The minimum atomic E-state index is -0.564. The zero-order chi connectivity index (χ0) is 14.7. The first-order valence-electron chi connectivity index (χ1n) is 7.31. The van der Waals surface area contributed by atoms with Crippen molar-refractivity contribution in [3.63, 3.8) is 0 Å². The first kappa shape index (κ1) is 13.1. The van der Waals surface area contributed by atoms with Crippen molar-refractivity contribution in [1.29, 1.82) is 0 Å². The molecule has 110 valence electrons. The van der Waals surface area contributed by atoms with Gasteiger partial charge >= 0.3 is 0 Å². The monoisotopic (exact) mass is 306 g/mol. The van der Waals surface area contributed by atoms with Crippen LogP contribution in [0.15, 0.2) is 18.2 Å². The van der Waals surface area contributed by atoms with E-state index in [0.717, 1.165) is 11.8 Å². The van der Waals surface area contributed by atoms with Gasteiger partial charge in [0.25, 0.3) is 11.6 Å². The first-order valence-corrected chi connectivity index (χ1v) is 7.69. The summed E-state index contributed by atoms with van der Waals surface area (Å²) in [5, 5.41) is 14.0. The minimum Gasteiger partial charge on any atom is -0.349 e. The third kappa shape index (κ3) is 1.94. The van der Waals surface area contributed by atoms with Gasteiger partial charge < -0.3 is 5.32 Å². The molecular weight excluding hydrogens is 292 g/mol. The molecule has 0 saturated heterocycles. The Hall–Kier alpha value is -1.62. The van der Waals surface area contributed by atoms with Crippen molar-refractivity contribution in [2.75, 3.05) is 0 Å². The molecule has 21 heavy (non-hydrogen) atoms. The van der Waals surface area contributed by atoms with Crippen LogP contribution in [0.1, 0.15) is 29.6 Å².